The highest BCUT2D eigenvalue weighted by atomic mass is 32.2. The van der Waals surface area contributed by atoms with Gasteiger partial charge in [-0.1, -0.05) is 151 Å². The maximum atomic E-state index is 5.28. The molecule has 2 atom stereocenters. The van der Waals surface area contributed by atoms with Crippen molar-refractivity contribution < 1.29 is 0 Å². The van der Waals surface area contributed by atoms with Crippen LogP contribution >= 0.6 is 11.8 Å². The molecule has 2 aliphatic carbocycles. The van der Waals surface area contributed by atoms with E-state index < -0.39 is 0 Å². The van der Waals surface area contributed by atoms with E-state index in [9.17, 15) is 0 Å². The van der Waals surface area contributed by atoms with E-state index in [2.05, 4.69) is 146 Å². The SMILES string of the molecule is C1=CC(c2ccccc2-c2cc(-c3ccccc3)nc(-c3ccc4c5c(ccc4c3)C=CC3SC(c4ccccc4)=NC53)n2)=CCC1. The normalized spacial score (nSPS) is 18.0. The summed E-state index contributed by atoms with van der Waals surface area (Å²) >= 11 is 1.87. The van der Waals surface area contributed by atoms with Crippen LogP contribution in [0.1, 0.15) is 41.1 Å². The fraction of sp³-hybridized carbons (Fsp3) is 0.0930. The van der Waals surface area contributed by atoms with Gasteiger partial charge in [-0.05, 0) is 58.0 Å². The van der Waals surface area contributed by atoms with Gasteiger partial charge in [-0.3, -0.25) is 4.99 Å². The summed E-state index contributed by atoms with van der Waals surface area (Å²) in [5, 5.41) is 3.83. The van der Waals surface area contributed by atoms with Crippen LogP contribution in [0, 0.1) is 0 Å². The number of thioether (sulfide) groups is 1. The number of allylic oxidation sites excluding steroid dienone is 4. The van der Waals surface area contributed by atoms with Gasteiger partial charge < -0.3 is 0 Å². The van der Waals surface area contributed by atoms with Crippen molar-refractivity contribution in [2.24, 2.45) is 4.99 Å². The molecule has 0 amide bonds. The lowest BCUT2D eigenvalue weighted by molar-refractivity contribution is 0.773. The van der Waals surface area contributed by atoms with E-state index >= 15 is 0 Å². The lowest BCUT2D eigenvalue weighted by Crippen LogP contribution is -2.12. The Hall–Kier alpha value is -5.32. The smallest absolute Gasteiger partial charge is 0.160 e. The fourth-order valence-electron chi connectivity index (χ4n) is 6.95. The van der Waals surface area contributed by atoms with Crippen molar-refractivity contribution in [2.75, 3.05) is 0 Å². The molecule has 0 saturated carbocycles. The minimum Gasteiger partial charge on any atom is -0.268 e. The maximum Gasteiger partial charge on any atom is 0.160 e. The highest BCUT2D eigenvalue weighted by Crippen LogP contribution is 2.47. The van der Waals surface area contributed by atoms with Gasteiger partial charge in [0.2, 0.25) is 0 Å². The molecule has 3 nitrogen and oxygen atoms in total. The van der Waals surface area contributed by atoms with Gasteiger partial charge >= 0.3 is 0 Å². The molecule has 0 saturated heterocycles. The van der Waals surface area contributed by atoms with Crippen LogP contribution in [0.25, 0.3) is 56.3 Å². The number of hydrogen-bond acceptors (Lipinski definition) is 4. The van der Waals surface area contributed by atoms with Gasteiger partial charge in [-0.15, -0.1) is 0 Å². The summed E-state index contributed by atoms with van der Waals surface area (Å²) < 4.78 is 0. The van der Waals surface area contributed by atoms with Gasteiger partial charge in [-0.25, -0.2) is 9.97 Å². The fourth-order valence-corrected chi connectivity index (χ4v) is 8.13. The molecular weight excluding hydrogens is 591 g/mol. The zero-order valence-electron chi connectivity index (χ0n) is 25.8. The molecular formula is C43H31N3S. The second-order valence-corrected chi connectivity index (χ2v) is 13.4. The van der Waals surface area contributed by atoms with E-state index in [0.29, 0.717) is 5.25 Å². The molecule has 4 heteroatoms. The molecule has 0 radical (unpaired) electrons. The summed E-state index contributed by atoms with van der Waals surface area (Å²) in [4.78, 5) is 15.7. The summed E-state index contributed by atoms with van der Waals surface area (Å²) in [6, 6.07) is 42.9. The van der Waals surface area contributed by atoms with Crippen molar-refractivity contribution in [3.63, 3.8) is 0 Å². The van der Waals surface area contributed by atoms with Crippen LogP contribution < -0.4 is 0 Å². The summed E-state index contributed by atoms with van der Waals surface area (Å²) in [6.45, 7) is 0. The van der Waals surface area contributed by atoms with Crippen molar-refractivity contribution in [1.29, 1.82) is 0 Å². The molecule has 0 bridgehead atoms. The first-order valence-corrected chi connectivity index (χ1v) is 17.1. The van der Waals surface area contributed by atoms with Crippen LogP contribution in [0.2, 0.25) is 0 Å². The van der Waals surface area contributed by atoms with Gasteiger partial charge in [0.15, 0.2) is 5.82 Å². The molecule has 5 aromatic carbocycles. The number of hydrogen-bond donors (Lipinski definition) is 0. The summed E-state index contributed by atoms with van der Waals surface area (Å²) in [6.07, 6.45) is 13.6. The number of fused-ring (bicyclic) bond motifs is 5. The van der Waals surface area contributed by atoms with Crippen molar-refractivity contribution >= 4 is 39.2 Å². The molecule has 9 rings (SSSR count). The zero-order chi connectivity index (χ0) is 31.2. The third-order valence-corrected chi connectivity index (χ3v) is 10.5. The third-order valence-electron chi connectivity index (χ3n) is 9.26. The molecule has 3 aliphatic rings. The zero-order valence-corrected chi connectivity index (χ0v) is 26.6. The van der Waals surface area contributed by atoms with Crippen molar-refractivity contribution in [1.82, 2.24) is 9.97 Å². The van der Waals surface area contributed by atoms with Crippen LogP contribution in [0.15, 0.2) is 151 Å². The molecule has 224 valence electrons. The molecule has 0 spiro atoms. The molecule has 47 heavy (non-hydrogen) atoms. The molecule has 0 N–H and O–H groups in total. The van der Waals surface area contributed by atoms with Crippen LogP contribution in [-0.2, 0) is 0 Å². The van der Waals surface area contributed by atoms with Crippen LogP contribution in [0.4, 0.5) is 0 Å². The van der Waals surface area contributed by atoms with Crippen LogP contribution in [0.3, 0.4) is 0 Å². The number of benzene rings is 5. The first-order valence-electron chi connectivity index (χ1n) is 16.2. The molecule has 2 unspecified atom stereocenters. The van der Waals surface area contributed by atoms with E-state index in [-0.39, 0.29) is 6.04 Å². The van der Waals surface area contributed by atoms with Crippen molar-refractivity contribution in [3.8, 4) is 33.9 Å². The Bertz CT molecular complexity index is 2280. The summed E-state index contributed by atoms with van der Waals surface area (Å²) in [5.74, 6) is 0.725. The first kappa shape index (κ1) is 27.9. The van der Waals surface area contributed by atoms with E-state index in [1.807, 2.05) is 17.8 Å². The average Bonchev–Trinajstić information content (AvgIpc) is 3.60. The second-order valence-electron chi connectivity index (χ2n) is 12.2. The Kier molecular flexibility index (Phi) is 7.02. The van der Waals surface area contributed by atoms with Gasteiger partial charge in [0.1, 0.15) is 0 Å². The lowest BCUT2D eigenvalue weighted by atomic mass is 9.87. The molecule has 6 aromatic rings. The highest BCUT2D eigenvalue weighted by Gasteiger charge is 2.34. The summed E-state index contributed by atoms with van der Waals surface area (Å²) in [7, 11) is 0. The first-order chi connectivity index (χ1) is 23.3. The van der Waals surface area contributed by atoms with E-state index in [1.165, 1.54) is 38.6 Å². The van der Waals surface area contributed by atoms with E-state index in [0.717, 1.165) is 51.8 Å². The van der Waals surface area contributed by atoms with Gasteiger partial charge in [0, 0.05) is 22.3 Å². The molecule has 0 fully saturated rings. The number of nitrogens with zero attached hydrogens (tertiary/aromatic N) is 3. The predicted molar refractivity (Wildman–Crippen MR) is 198 cm³/mol. The lowest BCUT2D eigenvalue weighted by Gasteiger charge is -2.23. The Morgan fingerprint density at radius 3 is 2.19 bits per heavy atom. The monoisotopic (exact) mass is 621 g/mol. The van der Waals surface area contributed by atoms with Crippen molar-refractivity contribution in [3.05, 3.63) is 168 Å². The Labute approximate surface area is 279 Å². The van der Waals surface area contributed by atoms with Gasteiger partial charge in [0.05, 0.1) is 27.7 Å². The van der Waals surface area contributed by atoms with Gasteiger partial charge in [-0.2, -0.15) is 0 Å². The van der Waals surface area contributed by atoms with Crippen LogP contribution in [0.5, 0.6) is 0 Å². The molecule has 1 aliphatic heterocycles. The Morgan fingerprint density at radius 1 is 0.617 bits per heavy atom. The number of aromatic nitrogens is 2. The third kappa shape index (κ3) is 5.15. The number of aliphatic imine (C=N–C) groups is 1. The number of rotatable bonds is 5. The van der Waals surface area contributed by atoms with Crippen molar-refractivity contribution in [2.45, 2.75) is 24.1 Å². The standard InChI is InChI=1S/C43H31N3S/c1-4-12-28(13-5-1)34-18-10-11-19-36(34)38-27-37(29-14-6-2-7-15-29)44-42(45-38)33-22-24-35-32(26-33)21-20-30-23-25-39-41(40(30)35)46-43(47-39)31-16-8-3-9-17-31/h2-4,6-27,39,41H,1,5H2. The van der Waals surface area contributed by atoms with Crippen LogP contribution in [-0.4, -0.2) is 20.3 Å². The quantitative estimate of drug-likeness (QED) is 0.192. The van der Waals surface area contributed by atoms with Gasteiger partial charge in [0.25, 0.3) is 0 Å². The molecule has 1 aromatic heterocycles. The summed E-state index contributed by atoms with van der Waals surface area (Å²) in [5.41, 5.74) is 11.2. The maximum absolute atomic E-state index is 5.28. The minimum absolute atomic E-state index is 0.0914. The molecule has 2 heterocycles. The Morgan fingerprint density at radius 2 is 1.38 bits per heavy atom. The second kappa shape index (κ2) is 11.8. The topological polar surface area (TPSA) is 38.1 Å². The van der Waals surface area contributed by atoms with E-state index in [1.54, 1.807) is 0 Å². The van der Waals surface area contributed by atoms with E-state index in [4.69, 9.17) is 15.0 Å². The highest BCUT2D eigenvalue weighted by molar-refractivity contribution is 8.15. The average molecular weight is 622 g/mol. The minimum atomic E-state index is 0.0914. The largest absolute Gasteiger partial charge is 0.268 e. The Balaban J connectivity index is 1.17. The predicted octanol–water partition coefficient (Wildman–Crippen LogP) is 11.0.